The zero-order valence-corrected chi connectivity index (χ0v) is 16.6. The van der Waals surface area contributed by atoms with Crippen LogP contribution in [0, 0.1) is 0 Å². The minimum absolute atomic E-state index is 0.0690. The highest BCUT2D eigenvalue weighted by Gasteiger charge is 2.10. The Kier molecular flexibility index (Phi) is 6.39. The van der Waals surface area contributed by atoms with Gasteiger partial charge in [-0.3, -0.25) is 14.9 Å². The zero-order valence-electron chi connectivity index (χ0n) is 15.8. The van der Waals surface area contributed by atoms with Gasteiger partial charge in [-0.15, -0.1) is 11.3 Å². The molecular formula is C21H22N4O2S. The molecule has 0 radical (unpaired) electrons. The number of carbonyl (C=O) groups excluding carboxylic acids is 2. The Labute approximate surface area is 168 Å². The van der Waals surface area contributed by atoms with E-state index in [1.165, 1.54) is 11.3 Å². The normalized spacial score (nSPS) is 10.4. The first-order valence-electron chi connectivity index (χ1n) is 8.89. The van der Waals surface area contributed by atoms with E-state index in [9.17, 15) is 9.59 Å². The number of thiazole rings is 1. The monoisotopic (exact) mass is 394 g/mol. The maximum absolute atomic E-state index is 12.2. The molecular weight excluding hydrogens is 372 g/mol. The van der Waals surface area contributed by atoms with Crippen molar-refractivity contribution in [1.82, 2.24) is 4.98 Å². The Morgan fingerprint density at radius 3 is 2.39 bits per heavy atom. The molecule has 1 heterocycles. The summed E-state index contributed by atoms with van der Waals surface area (Å²) in [5, 5.41) is 8.06. The maximum Gasteiger partial charge on any atom is 0.257 e. The average molecular weight is 395 g/mol. The first kappa shape index (κ1) is 19.6. The lowest BCUT2D eigenvalue weighted by Crippen LogP contribution is -2.13. The van der Waals surface area contributed by atoms with E-state index < -0.39 is 0 Å². The summed E-state index contributed by atoms with van der Waals surface area (Å²) in [6, 6.07) is 16.7. The molecule has 2 N–H and O–H groups in total. The molecule has 28 heavy (non-hydrogen) atoms. The standard InChI is InChI=1S/C21H22N4O2S/c1-25(2)18-11-8-16(9-12-18)22-19(26)13-10-17-14-28-21(23-17)24-20(27)15-6-4-3-5-7-15/h3-9,11-12,14H,10,13H2,1-2H3,(H,22,26)(H,23,24,27). The molecule has 0 fully saturated rings. The van der Waals surface area contributed by atoms with Gasteiger partial charge in [-0.05, 0) is 42.8 Å². The minimum Gasteiger partial charge on any atom is -0.378 e. The summed E-state index contributed by atoms with van der Waals surface area (Å²) in [7, 11) is 3.94. The zero-order chi connectivity index (χ0) is 19.9. The molecule has 0 spiro atoms. The SMILES string of the molecule is CN(C)c1ccc(NC(=O)CCc2csc(NC(=O)c3ccccc3)n2)cc1. The predicted octanol–water partition coefficient (Wildman–Crippen LogP) is 4.03. The smallest absolute Gasteiger partial charge is 0.257 e. The fourth-order valence-corrected chi connectivity index (χ4v) is 3.29. The van der Waals surface area contributed by atoms with E-state index in [4.69, 9.17) is 0 Å². The van der Waals surface area contributed by atoms with Crippen LogP contribution >= 0.6 is 11.3 Å². The van der Waals surface area contributed by atoms with Crippen molar-refractivity contribution in [1.29, 1.82) is 0 Å². The van der Waals surface area contributed by atoms with Crippen molar-refractivity contribution < 1.29 is 9.59 Å². The van der Waals surface area contributed by atoms with Gasteiger partial charge in [0.15, 0.2) is 5.13 Å². The Morgan fingerprint density at radius 1 is 1.00 bits per heavy atom. The largest absolute Gasteiger partial charge is 0.378 e. The van der Waals surface area contributed by atoms with Crippen LogP contribution in [0.15, 0.2) is 60.0 Å². The molecule has 6 nitrogen and oxygen atoms in total. The number of anilines is 3. The number of hydrogen-bond donors (Lipinski definition) is 2. The summed E-state index contributed by atoms with van der Waals surface area (Å²) >= 11 is 1.35. The van der Waals surface area contributed by atoms with E-state index >= 15 is 0 Å². The third-order valence-corrected chi connectivity index (χ3v) is 4.89. The van der Waals surface area contributed by atoms with Crippen LogP contribution in [-0.2, 0) is 11.2 Å². The second-order valence-electron chi connectivity index (χ2n) is 6.45. The molecule has 0 unspecified atom stereocenters. The fraction of sp³-hybridized carbons (Fsp3) is 0.190. The van der Waals surface area contributed by atoms with E-state index in [-0.39, 0.29) is 11.8 Å². The van der Waals surface area contributed by atoms with Crippen molar-refractivity contribution in [3.63, 3.8) is 0 Å². The van der Waals surface area contributed by atoms with Gasteiger partial charge < -0.3 is 10.2 Å². The van der Waals surface area contributed by atoms with Crippen LogP contribution in [0.2, 0.25) is 0 Å². The number of benzene rings is 2. The molecule has 0 bridgehead atoms. The molecule has 0 aliphatic carbocycles. The highest BCUT2D eigenvalue weighted by atomic mass is 32.1. The van der Waals surface area contributed by atoms with E-state index in [0.29, 0.717) is 23.5 Å². The van der Waals surface area contributed by atoms with Crippen LogP contribution < -0.4 is 15.5 Å². The summed E-state index contributed by atoms with van der Waals surface area (Å²) in [5.74, 6) is -0.263. The molecule has 3 aromatic rings. The number of carbonyl (C=O) groups is 2. The van der Waals surface area contributed by atoms with Crippen LogP contribution in [0.5, 0.6) is 0 Å². The summed E-state index contributed by atoms with van der Waals surface area (Å²) in [6.07, 6.45) is 0.838. The van der Waals surface area contributed by atoms with Gasteiger partial charge >= 0.3 is 0 Å². The van der Waals surface area contributed by atoms with Gasteiger partial charge in [0.25, 0.3) is 5.91 Å². The first-order valence-corrected chi connectivity index (χ1v) is 9.77. The fourth-order valence-electron chi connectivity index (χ4n) is 2.55. The number of hydrogen-bond acceptors (Lipinski definition) is 5. The van der Waals surface area contributed by atoms with Gasteiger partial charge in [-0.25, -0.2) is 4.98 Å². The lowest BCUT2D eigenvalue weighted by molar-refractivity contribution is -0.116. The summed E-state index contributed by atoms with van der Waals surface area (Å²) in [5.41, 5.74) is 3.21. The molecule has 0 aliphatic heterocycles. The Bertz CT molecular complexity index is 937. The molecule has 3 rings (SSSR count). The highest BCUT2D eigenvalue weighted by Crippen LogP contribution is 2.19. The van der Waals surface area contributed by atoms with Gasteiger partial charge in [0.05, 0.1) is 5.69 Å². The van der Waals surface area contributed by atoms with Gasteiger partial charge in [0, 0.05) is 42.8 Å². The van der Waals surface area contributed by atoms with Crippen molar-refractivity contribution in [2.24, 2.45) is 0 Å². The highest BCUT2D eigenvalue weighted by molar-refractivity contribution is 7.14. The molecule has 0 saturated carbocycles. The van der Waals surface area contributed by atoms with E-state index in [1.807, 2.05) is 66.8 Å². The van der Waals surface area contributed by atoms with Gasteiger partial charge in [0.2, 0.25) is 5.91 Å². The number of amides is 2. The number of aromatic nitrogens is 1. The summed E-state index contributed by atoms with van der Waals surface area (Å²) in [6.45, 7) is 0. The Morgan fingerprint density at radius 2 is 1.71 bits per heavy atom. The summed E-state index contributed by atoms with van der Waals surface area (Å²) in [4.78, 5) is 30.7. The van der Waals surface area contributed by atoms with Crippen LogP contribution in [-0.4, -0.2) is 30.9 Å². The quantitative estimate of drug-likeness (QED) is 0.634. The van der Waals surface area contributed by atoms with Gasteiger partial charge in [0.1, 0.15) is 0 Å². The van der Waals surface area contributed by atoms with E-state index in [0.717, 1.165) is 17.1 Å². The number of rotatable bonds is 7. The van der Waals surface area contributed by atoms with E-state index in [2.05, 4.69) is 15.6 Å². The molecule has 0 aliphatic rings. The van der Waals surface area contributed by atoms with Crippen molar-refractivity contribution >= 4 is 39.7 Å². The molecule has 0 saturated heterocycles. The third-order valence-electron chi connectivity index (χ3n) is 4.08. The molecule has 0 atom stereocenters. The van der Waals surface area contributed by atoms with Gasteiger partial charge in [-0.2, -0.15) is 0 Å². The second kappa shape index (κ2) is 9.14. The van der Waals surface area contributed by atoms with Crippen molar-refractivity contribution in [2.45, 2.75) is 12.8 Å². The Hall–Kier alpha value is -3.19. The third kappa shape index (κ3) is 5.40. The average Bonchev–Trinajstić information content (AvgIpc) is 3.15. The van der Waals surface area contributed by atoms with Crippen LogP contribution in [0.3, 0.4) is 0 Å². The predicted molar refractivity (Wildman–Crippen MR) is 114 cm³/mol. The Balaban J connectivity index is 1.48. The number of aryl methyl sites for hydroxylation is 1. The van der Waals surface area contributed by atoms with Crippen molar-refractivity contribution in [3.8, 4) is 0 Å². The van der Waals surface area contributed by atoms with Crippen molar-refractivity contribution in [2.75, 3.05) is 29.6 Å². The lowest BCUT2D eigenvalue weighted by atomic mass is 10.2. The van der Waals surface area contributed by atoms with Crippen LogP contribution in [0.1, 0.15) is 22.5 Å². The number of nitrogens with zero attached hydrogens (tertiary/aromatic N) is 2. The lowest BCUT2D eigenvalue weighted by Gasteiger charge is -2.13. The molecule has 144 valence electrons. The summed E-state index contributed by atoms with van der Waals surface area (Å²) < 4.78 is 0. The first-order chi connectivity index (χ1) is 13.5. The van der Waals surface area contributed by atoms with E-state index in [1.54, 1.807) is 12.1 Å². The van der Waals surface area contributed by atoms with Crippen LogP contribution in [0.4, 0.5) is 16.5 Å². The van der Waals surface area contributed by atoms with Crippen LogP contribution in [0.25, 0.3) is 0 Å². The molecule has 2 amide bonds. The number of nitrogens with one attached hydrogen (secondary N) is 2. The molecule has 1 aromatic heterocycles. The van der Waals surface area contributed by atoms with Crippen molar-refractivity contribution in [3.05, 3.63) is 71.2 Å². The topological polar surface area (TPSA) is 74.3 Å². The molecule has 2 aromatic carbocycles. The van der Waals surface area contributed by atoms with Gasteiger partial charge in [-0.1, -0.05) is 18.2 Å². The maximum atomic E-state index is 12.2. The second-order valence-corrected chi connectivity index (χ2v) is 7.31. The minimum atomic E-state index is -0.194. The molecule has 7 heteroatoms.